The van der Waals surface area contributed by atoms with Gasteiger partial charge in [0, 0.05) is 0 Å². The van der Waals surface area contributed by atoms with Gasteiger partial charge in [-0.1, -0.05) is 12.1 Å². The van der Waals surface area contributed by atoms with Gasteiger partial charge in [-0.3, -0.25) is 10.1 Å². The molecule has 0 saturated heterocycles. The Morgan fingerprint density at radius 3 is 2.92 bits per heavy atom. The first kappa shape index (κ1) is 15.1. The van der Waals surface area contributed by atoms with Gasteiger partial charge >= 0.3 is 0 Å². The summed E-state index contributed by atoms with van der Waals surface area (Å²) in [6, 6.07) is 9.62. The summed E-state index contributed by atoms with van der Waals surface area (Å²) in [7, 11) is 0. The van der Waals surface area contributed by atoms with E-state index in [1.807, 2.05) is 17.5 Å². The average molecular weight is 355 g/mol. The maximum atomic E-state index is 13.6. The predicted octanol–water partition coefficient (Wildman–Crippen LogP) is 2.51. The van der Waals surface area contributed by atoms with E-state index in [9.17, 15) is 9.18 Å². The van der Waals surface area contributed by atoms with Crippen molar-refractivity contribution in [2.45, 2.75) is 0 Å². The van der Waals surface area contributed by atoms with Gasteiger partial charge in [-0.2, -0.15) is 10.1 Å². The van der Waals surface area contributed by atoms with E-state index < -0.39 is 11.7 Å². The summed E-state index contributed by atoms with van der Waals surface area (Å²) in [6.45, 7) is 0. The number of carbonyl (C=O) groups is 1. The van der Waals surface area contributed by atoms with Crippen molar-refractivity contribution in [1.29, 1.82) is 0 Å². The van der Waals surface area contributed by atoms with Crippen LogP contribution in [0, 0.1) is 5.82 Å². The second-order valence-electron chi connectivity index (χ2n) is 4.92. The second-order valence-corrected chi connectivity index (χ2v) is 5.86. The fourth-order valence-corrected chi connectivity index (χ4v) is 2.89. The Kier molecular flexibility index (Phi) is 3.78. The van der Waals surface area contributed by atoms with Gasteiger partial charge in [0.05, 0.1) is 10.6 Å². The molecule has 0 fully saturated rings. The average Bonchev–Trinajstić information content (AvgIpc) is 3.35. The van der Waals surface area contributed by atoms with E-state index >= 15 is 0 Å². The minimum atomic E-state index is -0.551. The topological polar surface area (TPSA) is 101 Å². The number of hydrogen-bond donors (Lipinski definition) is 2. The zero-order valence-electron chi connectivity index (χ0n) is 12.5. The van der Waals surface area contributed by atoms with E-state index in [4.69, 9.17) is 0 Å². The van der Waals surface area contributed by atoms with Crippen molar-refractivity contribution in [2.75, 3.05) is 5.32 Å². The van der Waals surface area contributed by atoms with Crippen LogP contribution in [0.3, 0.4) is 0 Å². The smallest absolute Gasteiger partial charge is 0.288 e. The van der Waals surface area contributed by atoms with E-state index in [2.05, 4.69) is 30.6 Å². The molecule has 0 saturated carbocycles. The lowest BCUT2D eigenvalue weighted by Crippen LogP contribution is -2.15. The number of carbonyl (C=O) groups excluding carboxylic acids is 1. The molecule has 0 aliphatic heterocycles. The molecule has 25 heavy (non-hydrogen) atoms. The number of anilines is 1. The van der Waals surface area contributed by atoms with Crippen molar-refractivity contribution >= 4 is 23.2 Å². The minimum Gasteiger partial charge on any atom is -0.288 e. The standard InChI is InChI=1S/C15H10FN7OS/c16-9-3-1-4-10(7-9)23-13(11-5-2-6-25-11)19-12(22-23)14(24)20-15-17-8-18-21-15/h1-8H,(H2,17,18,20,21,24). The van der Waals surface area contributed by atoms with Gasteiger partial charge in [0.1, 0.15) is 12.1 Å². The third kappa shape index (κ3) is 3.02. The summed E-state index contributed by atoms with van der Waals surface area (Å²) in [4.78, 5) is 21.3. The van der Waals surface area contributed by atoms with Gasteiger partial charge in [-0.05, 0) is 29.6 Å². The molecule has 124 valence electrons. The van der Waals surface area contributed by atoms with E-state index in [0.717, 1.165) is 4.88 Å². The van der Waals surface area contributed by atoms with Crippen molar-refractivity contribution in [3.05, 3.63) is 59.7 Å². The van der Waals surface area contributed by atoms with Crippen LogP contribution in [0.4, 0.5) is 10.3 Å². The molecule has 8 nitrogen and oxygen atoms in total. The lowest BCUT2D eigenvalue weighted by atomic mass is 10.3. The summed E-state index contributed by atoms with van der Waals surface area (Å²) in [5, 5.41) is 14.8. The molecule has 0 spiro atoms. The Morgan fingerprint density at radius 2 is 2.20 bits per heavy atom. The first-order valence-electron chi connectivity index (χ1n) is 7.14. The maximum absolute atomic E-state index is 13.6. The number of hydrogen-bond acceptors (Lipinski definition) is 6. The highest BCUT2D eigenvalue weighted by Crippen LogP contribution is 2.25. The number of nitrogens with zero attached hydrogens (tertiary/aromatic N) is 5. The van der Waals surface area contributed by atoms with Crippen LogP contribution >= 0.6 is 11.3 Å². The number of thiophene rings is 1. The molecular weight excluding hydrogens is 345 g/mol. The number of nitrogens with one attached hydrogen (secondary N) is 2. The zero-order valence-corrected chi connectivity index (χ0v) is 13.4. The van der Waals surface area contributed by atoms with Crippen molar-refractivity contribution < 1.29 is 9.18 Å². The quantitative estimate of drug-likeness (QED) is 0.586. The van der Waals surface area contributed by atoms with Gasteiger partial charge in [-0.25, -0.2) is 19.2 Å². The molecule has 1 amide bonds. The summed E-state index contributed by atoms with van der Waals surface area (Å²) in [5.41, 5.74) is 0.467. The summed E-state index contributed by atoms with van der Waals surface area (Å²) >= 11 is 1.44. The zero-order chi connectivity index (χ0) is 17.2. The molecule has 1 aromatic carbocycles. The van der Waals surface area contributed by atoms with Gasteiger partial charge < -0.3 is 0 Å². The number of aromatic nitrogens is 6. The lowest BCUT2D eigenvalue weighted by molar-refractivity contribution is 0.101. The van der Waals surface area contributed by atoms with E-state index in [-0.39, 0.29) is 11.8 Å². The van der Waals surface area contributed by atoms with Crippen molar-refractivity contribution in [2.24, 2.45) is 0 Å². The summed E-state index contributed by atoms with van der Waals surface area (Å²) in [5.74, 6) is -0.389. The van der Waals surface area contributed by atoms with Crippen molar-refractivity contribution in [1.82, 2.24) is 29.9 Å². The normalized spacial score (nSPS) is 10.8. The fourth-order valence-electron chi connectivity index (χ4n) is 2.19. The van der Waals surface area contributed by atoms with Crippen molar-refractivity contribution in [3.63, 3.8) is 0 Å². The number of benzene rings is 1. The lowest BCUT2D eigenvalue weighted by Gasteiger charge is -2.04. The summed E-state index contributed by atoms with van der Waals surface area (Å²) in [6.07, 6.45) is 1.27. The number of aromatic amines is 1. The first-order chi connectivity index (χ1) is 12.2. The maximum Gasteiger partial charge on any atom is 0.297 e. The molecule has 3 aromatic heterocycles. The van der Waals surface area contributed by atoms with Crippen molar-refractivity contribution in [3.8, 4) is 16.4 Å². The minimum absolute atomic E-state index is 0.0657. The van der Waals surface area contributed by atoms with Crippen LogP contribution in [-0.2, 0) is 0 Å². The van der Waals surface area contributed by atoms with Crippen LogP contribution in [0.1, 0.15) is 10.6 Å². The Bertz CT molecular complexity index is 1010. The molecule has 0 bridgehead atoms. The van der Waals surface area contributed by atoms with Gasteiger partial charge in [0.25, 0.3) is 5.91 Å². The number of rotatable bonds is 4. The van der Waals surface area contributed by atoms with Crippen LogP contribution in [0.5, 0.6) is 0 Å². The van der Waals surface area contributed by atoms with Crippen LogP contribution < -0.4 is 5.32 Å². The first-order valence-corrected chi connectivity index (χ1v) is 8.02. The molecule has 0 aliphatic carbocycles. The highest BCUT2D eigenvalue weighted by atomic mass is 32.1. The second kappa shape index (κ2) is 6.24. The number of amides is 1. The Morgan fingerprint density at radius 1 is 1.28 bits per heavy atom. The molecular formula is C15H10FN7OS. The predicted molar refractivity (Wildman–Crippen MR) is 89.0 cm³/mol. The van der Waals surface area contributed by atoms with Crippen LogP contribution in [0.2, 0.25) is 0 Å². The highest BCUT2D eigenvalue weighted by Gasteiger charge is 2.20. The molecule has 2 N–H and O–H groups in total. The number of halogens is 1. The highest BCUT2D eigenvalue weighted by molar-refractivity contribution is 7.13. The van der Waals surface area contributed by atoms with Crippen LogP contribution in [0.25, 0.3) is 16.4 Å². The molecule has 3 heterocycles. The third-order valence-corrected chi connectivity index (χ3v) is 4.12. The SMILES string of the molecule is O=C(Nc1ncn[nH]1)c1nc(-c2cccs2)n(-c2cccc(F)c2)n1. The van der Waals surface area contributed by atoms with E-state index in [1.54, 1.807) is 12.1 Å². The molecule has 0 unspecified atom stereocenters. The Labute approximate surface area is 144 Å². The summed E-state index contributed by atoms with van der Waals surface area (Å²) < 4.78 is 15.0. The van der Waals surface area contributed by atoms with E-state index in [0.29, 0.717) is 11.5 Å². The molecule has 0 atom stereocenters. The van der Waals surface area contributed by atoms with Crippen LogP contribution in [-0.4, -0.2) is 35.9 Å². The Balaban J connectivity index is 1.77. The molecule has 0 aliphatic rings. The number of H-pyrrole nitrogens is 1. The third-order valence-electron chi connectivity index (χ3n) is 3.25. The molecule has 4 aromatic rings. The van der Waals surface area contributed by atoms with Gasteiger partial charge in [-0.15, -0.1) is 16.4 Å². The van der Waals surface area contributed by atoms with Gasteiger partial charge in [0.15, 0.2) is 5.82 Å². The van der Waals surface area contributed by atoms with E-state index in [1.165, 1.54) is 34.5 Å². The molecule has 10 heteroatoms. The van der Waals surface area contributed by atoms with Crippen LogP contribution in [0.15, 0.2) is 48.1 Å². The molecule has 0 radical (unpaired) electrons. The monoisotopic (exact) mass is 355 g/mol. The van der Waals surface area contributed by atoms with Gasteiger partial charge in [0.2, 0.25) is 11.8 Å². The molecule has 4 rings (SSSR count). The fraction of sp³-hybridized carbons (Fsp3) is 0. The largest absolute Gasteiger partial charge is 0.297 e. The Hall–Kier alpha value is -3.40.